The summed E-state index contributed by atoms with van der Waals surface area (Å²) in [5.74, 6) is -0.241. The van der Waals surface area contributed by atoms with E-state index in [4.69, 9.17) is 5.73 Å². The number of carbonyl (C=O) groups is 1. The first kappa shape index (κ1) is 17.4. The lowest BCUT2D eigenvalue weighted by molar-refractivity contribution is -0.383. The molecule has 1 aromatic rings. The smallest absolute Gasteiger partial charge is 0.292 e. The van der Waals surface area contributed by atoms with Crippen molar-refractivity contribution in [3.05, 3.63) is 34.4 Å². The molecule has 1 amide bonds. The molecular weight excluding hydrogens is 296 g/mol. The van der Waals surface area contributed by atoms with Crippen LogP contribution in [0.15, 0.2) is 24.3 Å². The van der Waals surface area contributed by atoms with E-state index in [1.165, 1.54) is 12.1 Å². The summed E-state index contributed by atoms with van der Waals surface area (Å²) in [6, 6.07) is 6.34. The van der Waals surface area contributed by atoms with E-state index in [0.717, 1.165) is 25.9 Å². The van der Waals surface area contributed by atoms with Gasteiger partial charge in [-0.05, 0) is 18.9 Å². The lowest BCUT2D eigenvalue weighted by atomic mass is 10.1. The Labute approximate surface area is 129 Å². The number of halogens is 1. The van der Waals surface area contributed by atoms with E-state index < -0.39 is 4.92 Å². The van der Waals surface area contributed by atoms with Gasteiger partial charge in [0.2, 0.25) is 5.91 Å². The monoisotopic (exact) mass is 314 g/mol. The summed E-state index contributed by atoms with van der Waals surface area (Å²) >= 11 is 0. The quantitative estimate of drug-likeness (QED) is 0.645. The molecule has 0 aliphatic carbocycles. The Kier molecular flexibility index (Phi) is 6.54. The van der Waals surface area contributed by atoms with E-state index in [0.29, 0.717) is 0 Å². The maximum absolute atomic E-state index is 11.9. The van der Waals surface area contributed by atoms with Crippen LogP contribution in [0.3, 0.4) is 0 Å². The number of para-hydroxylation sites is 2. The molecule has 1 fully saturated rings. The molecule has 21 heavy (non-hydrogen) atoms. The Balaban J connectivity index is 0.00000220. The van der Waals surface area contributed by atoms with Gasteiger partial charge in [-0.2, -0.15) is 0 Å². The van der Waals surface area contributed by atoms with Gasteiger partial charge >= 0.3 is 0 Å². The van der Waals surface area contributed by atoms with Gasteiger partial charge in [0.1, 0.15) is 5.69 Å². The Morgan fingerprint density at radius 3 is 2.62 bits per heavy atom. The molecule has 7 nitrogen and oxygen atoms in total. The zero-order valence-electron chi connectivity index (χ0n) is 11.5. The van der Waals surface area contributed by atoms with Gasteiger partial charge in [0.25, 0.3) is 5.69 Å². The fourth-order valence-electron chi connectivity index (χ4n) is 2.24. The van der Waals surface area contributed by atoms with Gasteiger partial charge < -0.3 is 11.1 Å². The number of nitrogens with zero attached hydrogens (tertiary/aromatic N) is 2. The molecule has 1 aliphatic rings. The molecule has 0 unspecified atom stereocenters. The van der Waals surface area contributed by atoms with Gasteiger partial charge in [-0.15, -0.1) is 12.4 Å². The number of nitro benzene ring substituents is 1. The molecular formula is C13H19ClN4O3. The van der Waals surface area contributed by atoms with Crippen molar-refractivity contribution in [3.63, 3.8) is 0 Å². The van der Waals surface area contributed by atoms with Crippen LogP contribution in [0, 0.1) is 10.1 Å². The molecule has 1 saturated heterocycles. The lowest BCUT2D eigenvalue weighted by Crippen LogP contribution is -2.43. The zero-order valence-corrected chi connectivity index (χ0v) is 12.3. The van der Waals surface area contributed by atoms with Crippen LogP contribution in [0.1, 0.15) is 12.8 Å². The van der Waals surface area contributed by atoms with Crippen molar-refractivity contribution in [2.45, 2.75) is 18.9 Å². The standard InChI is InChI=1S/C13H18N4O3.ClH/c14-10-5-7-16(8-6-10)9-13(18)15-11-3-1-2-4-12(11)17(19)20;/h1-4,10H,5-9,14H2,(H,15,18);1H. The Morgan fingerprint density at radius 2 is 2.00 bits per heavy atom. The summed E-state index contributed by atoms with van der Waals surface area (Å²) in [4.78, 5) is 24.3. The van der Waals surface area contributed by atoms with Gasteiger partial charge in [-0.3, -0.25) is 19.8 Å². The number of nitrogens with one attached hydrogen (secondary N) is 1. The van der Waals surface area contributed by atoms with E-state index in [1.807, 2.05) is 4.90 Å². The molecule has 1 heterocycles. The number of nitrogens with two attached hydrogens (primary N) is 1. The molecule has 0 saturated carbocycles. The van der Waals surface area contributed by atoms with Crippen LogP contribution in [0.25, 0.3) is 0 Å². The first-order chi connectivity index (χ1) is 9.56. The Hall–Kier alpha value is -1.70. The molecule has 116 valence electrons. The van der Waals surface area contributed by atoms with Gasteiger partial charge in [-0.25, -0.2) is 0 Å². The molecule has 0 spiro atoms. The zero-order chi connectivity index (χ0) is 14.5. The first-order valence-electron chi connectivity index (χ1n) is 6.57. The summed E-state index contributed by atoms with van der Waals surface area (Å²) in [5, 5.41) is 13.5. The molecule has 0 bridgehead atoms. The lowest BCUT2D eigenvalue weighted by Gasteiger charge is -2.29. The second kappa shape index (κ2) is 7.92. The minimum Gasteiger partial charge on any atom is -0.328 e. The van der Waals surface area contributed by atoms with E-state index >= 15 is 0 Å². The number of carbonyl (C=O) groups excluding carboxylic acids is 1. The third-order valence-electron chi connectivity index (χ3n) is 3.37. The highest BCUT2D eigenvalue weighted by molar-refractivity contribution is 5.94. The van der Waals surface area contributed by atoms with Gasteiger partial charge in [0.15, 0.2) is 0 Å². The number of benzene rings is 1. The summed E-state index contributed by atoms with van der Waals surface area (Å²) in [6.45, 7) is 1.80. The van der Waals surface area contributed by atoms with Crippen LogP contribution >= 0.6 is 12.4 Å². The van der Waals surface area contributed by atoms with Crippen molar-refractivity contribution < 1.29 is 9.72 Å². The fraction of sp³-hybridized carbons (Fsp3) is 0.462. The predicted octanol–water partition coefficient (Wildman–Crippen LogP) is 1.38. The third-order valence-corrected chi connectivity index (χ3v) is 3.37. The number of amides is 1. The molecule has 1 aliphatic heterocycles. The molecule has 2 rings (SSSR count). The van der Waals surface area contributed by atoms with Crippen LogP contribution in [-0.2, 0) is 4.79 Å². The van der Waals surface area contributed by atoms with Crippen molar-refractivity contribution in [2.24, 2.45) is 5.73 Å². The van der Waals surface area contributed by atoms with Gasteiger partial charge in [-0.1, -0.05) is 12.1 Å². The number of anilines is 1. The third kappa shape index (κ3) is 4.96. The molecule has 0 radical (unpaired) electrons. The number of nitro groups is 1. The van der Waals surface area contributed by atoms with Crippen molar-refractivity contribution in [1.29, 1.82) is 0 Å². The van der Waals surface area contributed by atoms with E-state index in [2.05, 4.69) is 5.32 Å². The number of hydrogen-bond donors (Lipinski definition) is 2. The number of rotatable bonds is 4. The predicted molar refractivity (Wildman–Crippen MR) is 82.6 cm³/mol. The Bertz CT molecular complexity index is 504. The number of hydrogen-bond acceptors (Lipinski definition) is 5. The van der Waals surface area contributed by atoms with E-state index in [9.17, 15) is 14.9 Å². The largest absolute Gasteiger partial charge is 0.328 e. The average Bonchev–Trinajstić information content (AvgIpc) is 2.41. The van der Waals surface area contributed by atoms with Crippen LogP contribution in [0.4, 0.5) is 11.4 Å². The number of likely N-dealkylation sites (tertiary alicyclic amines) is 1. The molecule has 3 N–H and O–H groups in total. The van der Waals surface area contributed by atoms with Crippen LogP contribution in [-0.4, -0.2) is 41.4 Å². The minimum absolute atomic E-state index is 0. The highest BCUT2D eigenvalue weighted by atomic mass is 35.5. The molecule has 8 heteroatoms. The second-order valence-electron chi connectivity index (χ2n) is 4.94. The maximum Gasteiger partial charge on any atom is 0.292 e. The average molecular weight is 315 g/mol. The van der Waals surface area contributed by atoms with Crippen molar-refractivity contribution in [3.8, 4) is 0 Å². The Morgan fingerprint density at radius 1 is 1.38 bits per heavy atom. The summed E-state index contributed by atoms with van der Waals surface area (Å²) in [6.07, 6.45) is 1.75. The second-order valence-corrected chi connectivity index (χ2v) is 4.94. The number of piperidine rings is 1. The summed E-state index contributed by atoms with van der Waals surface area (Å²) in [5.41, 5.74) is 5.94. The summed E-state index contributed by atoms with van der Waals surface area (Å²) in [7, 11) is 0. The summed E-state index contributed by atoms with van der Waals surface area (Å²) < 4.78 is 0. The topological polar surface area (TPSA) is 102 Å². The highest BCUT2D eigenvalue weighted by Gasteiger charge is 2.20. The highest BCUT2D eigenvalue weighted by Crippen LogP contribution is 2.23. The van der Waals surface area contributed by atoms with Crippen molar-refractivity contribution in [2.75, 3.05) is 25.0 Å². The van der Waals surface area contributed by atoms with Gasteiger partial charge in [0.05, 0.1) is 11.5 Å². The van der Waals surface area contributed by atoms with Crippen molar-refractivity contribution in [1.82, 2.24) is 4.90 Å². The van der Waals surface area contributed by atoms with Crippen LogP contribution in [0.2, 0.25) is 0 Å². The van der Waals surface area contributed by atoms with Crippen LogP contribution < -0.4 is 11.1 Å². The molecule has 0 atom stereocenters. The SMILES string of the molecule is Cl.NC1CCN(CC(=O)Nc2ccccc2[N+](=O)[O-])CC1. The molecule has 1 aromatic carbocycles. The first-order valence-corrected chi connectivity index (χ1v) is 6.57. The van der Waals surface area contributed by atoms with E-state index in [-0.39, 0.29) is 42.3 Å². The van der Waals surface area contributed by atoms with Crippen LogP contribution in [0.5, 0.6) is 0 Å². The molecule has 0 aromatic heterocycles. The van der Waals surface area contributed by atoms with E-state index in [1.54, 1.807) is 12.1 Å². The van der Waals surface area contributed by atoms with Crippen molar-refractivity contribution >= 4 is 29.7 Å². The van der Waals surface area contributed by atoms with Gasteiger partial charge in [0, 0.05) is 25.2 Å². The fourth-order valence-corrected chi connectivity index (χ4v) is 2.24. The maximum atomic E-state index is 11.9. The minimum atomic E-state index is -0.504. The normalized spacial score (nSPS) is 16.0.